The summed E-state index contributed by atoms with van der Waals surface area (Å²) in [6, 6.07) is 2.96. The predicted molar refractivity (Wildman–Crippen MR) is 80.7 cm³/mol. The van der Waals surface area contributed by atoms with Gasteiger partial charge < -0.3 is 14.5 Å². The molecule has 1 aromatic rings. The molecule has 22 heavy (non-hydrogen) atoms. The van der Waals surface area contributed by atoms with Crippen molar-refractivity contribution in [3.63, 3.8) is 0 Å². The molecule has 7 heteroatoms. The number of pyridine rings is 1. The first-order chi connectivity index (χ1) is 10.3. The Morgan fingerprint density at radius 3 is 2.82 bits per heavy atom. The fraction of sp³-hybridized carbons (Fsp3) is 0.467. The molecule has 0 aliphatic carbocycles. The number of carbonyl (C=O) groups is 2. The number of rotatable bonds is 3. The third-order valence-electron chi connectivity index (χ3n) is 2.99. The van der Waals surface area contributed by atoms with Crippen molar-refractivity contribution in [2.24, 2.45) is 0 Å². The summed E-state index contributed by atoms with van der Waals surface area (Å²) in [6.45, 7) is 13.1. The Hall–Kier alpha value is -2.62. The summed E-state index contributed by atoms with van der Waals surface area (Å²) >= 11 is 0. The van der Waals surface area contributed by atoms with E-state index in [1.165, 1.54) is 16.0 Å². The number of hydrogen-bond acceptors (Lipinski definition) is 4. The van der Waals surface area contributed by atoms with E-state index in [9.17, 15) is 9.59 Å². The normalized spacial score (nSPS) is 14.9. The van der Waals surface area contributed by atoms with Crippen molar-refractivity contribution in [2.75, 3.05) is 24.5 Å². The van der Waals surface area contributed by atoms with Gasteiger partial charge in [0, 0.05) is 24.8 Å². The minimum Gasteiger partial charge on any atom is -0.459 e. The lowest BCUT2D eigenvalue weighted by atomic mass is 10.2. The van der Waals surface area contributed by atoms with Crippen LogP contribution >= 0.6 is 0 Å². The topological polar surface area (TPSA) is 67.1 Å². The summed E-state index contributed by atoms with van der Waals surface area (Å²) in [4.78, 5) is 34.3. The first kappa shape index (κ1) is 15.8. The van der Waals surface area contributed by atoms with Crippen LogP contribution in [-0.4, -0.2) is 47.1 Å². The average molecular weight is 302 g/mol. The number of urea groups is 1. The van der Waals surface area contributed by atoms with Crippen molar-refractivity contribution in [3.05, 3.63) is 29.7 Å². The molecule has 116 valence electrons. The van der Waals surface area contributed by atoms with Crippen LogP contribution in [0.15, 0.2) is 18.3 Å². The number of hydrogen-bond donors (Lipinski definition) is 0. The standard InChI is InChI=1S/C15H18N4O3/c1-15(2,3)22-13(20)10-18-7-8-19(14(18)21)11-5-6-17-12(9-11)16-4/h5-6,9H,7-8,10H2,1-3H3. The van der Waals surface area contributed by atoms with Gasteiger partial charge in [0.2, 0.25) is 0 Å². The van der Waals surface area contributed by atoms with Gasteiger partial charge in [0.15, 0.2) is 0 Å². The molecule has 0 radical (unpaired) electrons. The second kappa shape index (κ2) is 6.02. The lowest BCUT2D eigenvalue weighted by molar-refractivity contribution is -0.155. The summed E-state index contributed by atoms with van der Waals surface area (Å²) < 4.78 is 5.22. The van der Waals surface area contributed by atoms with E-state index in [2.05, 4.69) is 9.83 Å². The van der Waals surface area contributed by atoms with E-state index in [1.54, 1.807) is 32.9 Å². The van der Waals surface area contributed by atoms with Crippen LogP contribution in [0.25, 0.3) is 4.85 Å². The maximum atomic E-state index is 12.4. The molecule has 0 bridgehead atoms. The molecule has 1 aromatic heterocycles. The van der Waals surface area contributed by atoms with Crippen molar-refractivity contribution in [1.29, 1.82) is 0 Å². The molecule has 7 nitrogen and oxygen atoms in total. The summed E-state index contributed by atoms with van der Waals surface area (Å²) in [5, 5.41) is 0. The zero-order valence-corrected chi connectivity index (χ0v) is 12.9. The predicted octanol–water partition coefficient (Wildman–Crippen LogP) is 2.22. The maximum absolute atomic E-state index is 12.4. The van der Waals surface area contributed by atoms with E-state index in [1.807, 2.05) is 0 Å². The van der Waals surface area contributed by atoms with Crippen LogP contribution < -0.4 is 4.90 Å². The van der Waals surface area contributed by atoms with Gasteiger partial charge in [-0.1, -0.05) is 6.57 Å². The van der Waals surface area contributed by atoms with E-state index in [0.717, 1.165) is 0 Å². The summed E-state index contributed by atoms with van der Waals surface area (Å²) in [5.41, 5.74) is 0.0347. The van der Waals surface area contributed by atoms with Gasteiger partial charge in [-0.15, -0.1) is 4.98 Å². The average Bonchev–Trinajstić information content (AvgIpc) is 2.78. The third-order valence-corrected chi connectivity index (χ3v) is 2.99. The second-order valence-corrected chi connectivity index (χ2v) is 5.93. The third kappa shape index (κ3) is 3.73. The van der Waals surface area contributed by atoms with Gasteiger partial charge in [0.25, 0.3) is 5.82 Å². The Morgan fingerprint density at radius 2 is 2.18 bits per heavy atom. The molecule has 1 saturated heterocycles. The van der Waals surface area contributed by atoms with Crippen LogP contribution in [0.3, 0.4) is 0 Å². The van der Waals surface area contributed by atoms with Gasteiger partial charge in [-0.25, -0.2) is 4.79 Å². The molecule has 0 saturated carbocycles. The van der Waals surface area contributed by atoms with Gasteiger partial charge in [-0.05, 0) is 26.8 Å². The number of carbonyl (C=O) groups excluding carboxylic acids is 2. The smallest absolute Gasteiger partial charge is 0.326 e. The second-order valence-electron chi connectivity index (χ2n) is 5.93. The monoisotopic (exact) mass is 302 g/mol. The zero-order chi connectivity index (χ0) is 16.3. The molecule has 1 aliphatic rings. The van der Waals surface area contributed by atoms with Crippen LogP contribution in [0.5, 0.6) is 0 Å². The van der Waals surface area contributed by atoms with E-state index in [4.69, 9.17) is 11.3 Å². The molecule has 0 N–H and O–H groups in total. The fourth-order valence-corrected chi connectivity index (χ4v) is 2.14. The lowest BCUT2D eigenvalue weighted by Gasteiger charge is -2.22. The molecular formula is C15H18N4O3. The lowest BCUT2D eigenvalue weighted by Crippen LogP contribution is -2.38. The van der Waals surface area contributed by atoms with E-state index in [-0.39, 0.29) is 18.4 Å². The van der Waals surface area contributed by atoms with E-state index >= 15 is 0 Å². The quantitative estimate of drug-likeness (QED) is 0.634. The minimum absolute atomic E-state index is 0.0760. The Labute approximate surface area is 129 Å². The summed E-state index contributed by atoms with van der Waals surface area (Å²) in [5.74, 6) is -0.199. The Balaban J connectivity index is 2.04. The molecule has 2 heterocycles. The van der Waals surface area contributed by atoms with Crippen LogP contribution in [0.2, 0.25) is 0 Å². The van der Waals surface area contributed by atoms with Gasteiger partial charge >= 0.3 is 12.0 Å². The van der Waals surface area contributed by atoms with Gasteiger partial charge in [-0.2, -0.15) is 0 Å². The van der Waals surface area contributed by atoms with Crippen molar-refractivity contribution in [1.82, 2.24) is 9.88 Å². The van der Waals surface area contributed by atoms with Gasteiger partial charge in [0.05, 0.1) is 0 Å². The van der Waals surface area contributed by atoms with E-state index < -0.39 is 11.6 Å². The highest BCUT2D eigenvalue weighted by Gasteiger charge is 2.32. The Bertz CT molecular complexity index is 630. The number of esters is 1. The summed E-state index contributed by atoms with van der Waals surface area (Å²) in [6.07, 6.45) is 1.49. The largest absolute Gasteiger partial charge is 0.459 e. The Kier molecular flexibility index (Phi) is 4.31. The molecule has 1 aliphatic heterocycles. The molecule has 1 fully saturated rings. The number of amides is 2. The SMILES string of the molecule is [C-]#[N+]c1cc(N2CCN(CC(=O)OC(C)(C)C)C2=O)ccn1. The molecule has 0 aromatic carbocycles. The number of aromatic nitrogens is 1. The highest BCUT2D eigenvalue weighted by Crippen LogP contribution is 2.23. The Morgan fingerprint density at radius 1 is 1.45 bits per heavy atom. The highest BCUT2D eigenvalue weighted by atomic mass is 16.6. The van der Waals surface area contributed by atoms with Crippen LogP contribution in [0, 0.1) is 6.57 Å². The van der Waals surface area contributed by atoms with Crippen molar-refractivity contribution >= 4 is 23.5 Å². The minimum atomic E-state index is -0.574. The van der Waals surface area contributed by atoms with Crippen LogP contribution in [-0.2, 0) is 9.53 Å². The van der Waals surface area contributed by atoms with E-state index in [0.29, 0.717) is 18.8 Å². The van der Waals surface area contributed by atoms with Crippen LogP contribution in [0.4, 0.5) is 16.3 Å². The number of anilines is 1. The number of nitrogens with zero attached hydrogens (tertiary/aromatic N) is 4. The summed E-state index contributed by atoms with van der Waals surface area (Å²) in [7, 11) is 0. The number of ether oxygens (including phenoxy) is 1. The van der Waals surface area contributed by atoms with Crippen LogP contribution in [0.1, 0.15) is 20.8 Å². The highest BCUT2D eigenvalue weighted by molar-refractivity contribution is 5.96. The molecule has 0 atom stereocenters. The maximum Gasteiger partial charge on any atom is 0.326 e. The zero-order valence-electron chi connectivity index (χ0n) is 12.9. The van der Waals surface area contributed by atoms with Gasteiger partial charge in [0.1, 0.15) is 18.3 Å². The fourth-order valence-electron chi connectivity index (χ4n) is 2.14. The first-order valence-electron chi connectivity index (χ1n) is 6.92. The molecule has 2 rings (SSSR count). The molecule has 0 unspecified atom stereocenters. The molecule has 0 spiro atoms. The van der Waals surface area contributed by atoms with Crippen molar-refractivity contribution in [3.8, 4) is 0 Å². The first-order valence-corrected chi connectivity index (χ1v) is 6.92. The van der Waals surface area contributed by atoms with Crippen molar-refractivity contribution in [2.45, 2.75) is 26.4 Å². The molecular weight excluding hydrogens is 284 g/mol. The molecule has 2 amide bonds. The van der Waals surface area contributed by atoms with Gasteiger partial charge in [-0.3, -0.25) is 9.69 Å². The van der Waals surface area contributed by atoms with Crippen molar-refractivity contribution < 1.29 is 14.3 Å².